The molecule has 0 aliphatic heterocycles. The van der Waals surface area contributed by atoms with E-state index in [1.165, 1.54) is 12.1 Å². The van der Waals surface area contributed by atoms with Crippen LogP contribution in [0.15, 0.2) is 48.5 Å². The summed E-state index contributed by atoms with van der Waals surface area (Å²) in [4.78, 5) is 0. The first-order valence-electron chi connectivity index (χ1n) is 6.47. The number of methoxy groups -OCH3 is 1. The molecular weight excluding hydrogens is 253 g/mol. The van der Waals surface area contributed by atoms with Crippen LogP contribution in [-0.2, 0) is 0 Å². The van der Waals surface area contributed by atoms with Crippen LogP contribution >= 0.6 is 0 Å². The molecule has 0 aliphatic rings. The molecule has 0 saturated heterocycles. The molecule has 0 amide bonds. The highest BCUT2D eigenvalue weighted by Gasteiger charge is 2.08. The maximum absolute atomic E-state index is 13.4. The van der Waals surface area contributed by atoms with Gasteiger partial charge in [-0.1, -0.05) is 24.3 Å². The molecule has 0 heterocycles. The summed E-state index contributed by atoms with van der Waals surface area (Å²) in [6.07, 6.45) is 1.90. The Kier molecular flexibility index (Phi) is 4.53. The molecule has 0 radical (unpaired) electrons. The first-order valence-corrected chi connectivity index (χ1v) is 6.47. The van der Waals surface area contributed by atoms with Gasteiger partial charge < -0.3 is 10.5 Å². The van der Waals surface area contributed by atoms with E-state index in [-0.39, 0.29) is 5.82 Å². The van der Waals surface area contributed by atoms with Gasteiger partial charge in [-0.2, -0.15) is 0 Å². The number of halogens is 1. The van der Waals surface area contributed by atoms with Crippen LogP contribution in [-0.4, -0.2) is 13.7 Å². The van der Waals surface area contributed by atoms with Gasteiger partial charge in [0.1, 0.15) is 11.6 Å². The highest BCUT2D eigenvalue weighted by molar-refractivity contribution is 5.80. The van der Waals surface area contributed by atoms with Crippen molar-refractivity contribution in [1.82, 2.24) is 0 Å². The summed E-state index contributed by atoms with van der Waals surface area (Å²) in [6, 6.07) is 12.4. The normalized spacial score (nSPS) is 11.5. The molecule has 0 aromatic heterocycles. The smallest absolute Gasteiger partial charge is 0.123 e. The van der Waals surface area contributed by atoms with Crippen LogP contribution in [0.1, 0.15) is 16.7 Å². The molecule has 20 heavy (non-hydrogen) atoms. The van der Waals surface area contributed by atoms with Crippen molar-refractivity contribution in [2.24, 2.45) is 5.73 Å². The van der Waals surface area contributed by atoms with Crippen molar-refractivity contribution in [3.05, 3.63) is 71.0 Å². The molecular formula is C17H18FNO. The van der Waals surface area contributed by atoms with Crippen molar-refractivity contribution in [3.8, 4) is 5.75 Å². The predicted octanol–water partition coefficient (Wildman–Crippen LogP) is 3.53. The average Bonchev–Trinajstić information content (AvgIpc) is 2.44. The Bertz CT molecular complexity index is 635. The third-order valence-corrected chi connectivity index (χ3v) is 3.16. The Labute approximate surface area is 118 Å². The summed E-state index contributed by atoms with van der Waals surface area (Å²) in [5.41, 5.74) is 9.42. The maximum atomic E-state index is 13.4. The van der Waals surface area contributed by atoms with Crippen LogP contribution < -0.4 is 10.5 Å². The van der Waals surface area contributed by atoms with E-state index in [1.54, 1.807) is 13.2 Å². The molecule has 0 bridgehead atoms. The first-order chi connectivity index (χ1) is 9.65. The zero-order valence-electron chi connectivity index (χ0n) is 11.7. The minimum Gasteiger partial charge on any atom is -0.496 e. The van der Waals surface area contributed by atoms with Crippen LogP contribution in [0.5, 0.6) is 5.75 Å². The Hall–Kier alpha value is -2.13. The summed E-state index contributed by atoms with van der Waals surface area (Å²) in [6.45, 7) is 2.38. The zero-order valence-corrected chi connectivity index (χ0v) is 11.7. The third-order valence-electron chi connectivity index (χ3n) is 3.16. The fraction of sp³-hybridized carbons (Fsp3) is 0.176. The minimum atomic E-state index is -0.254. The number of benzene rings is 2. The number of hydrogen-bond donors (Lipinski definition) is 1. The molecule has 2 aromatic rings. The molecule has 0 atom stereocenters. The standard InChI is InChI=1S/C17H18FNO/c1-12-10-14(6-7-17(12)20-2)16(8-9-19)13-4-3-5-15(18)11-13/h3-8,10-11H,9,19H2,1-2H3/b16-8-. The van der Waals surface area contributed by atoms with Gasteiger partial charge in [0, 0.05) is 6.54 Å². The van der Waals surface area contributed by atoms with E-state index in [2.05, 4.69) is 0 Å². The fourth-order valence-electron chi connectivity index (χ4n) is 2.22. The zero-order chi connectivity index (χ0) is 14.5. The predicted molar refractivity (Wildman–Crippen MR) is 80.3 cm³/mol. The van der Waals surface area contributed by atoms with E-state index in [9.17, 15) is 4.39 Å². The van der Waals surface area contributed by atoms with Gasteiger partial charge in [-0.05, 0) is 53.5 Å². The van der Waals surface area contributed by atoms with Gasteiger partial charge in [0.2, 0.25) is 0 Å². The van der Waals surface area contributed by atoms with E-state index >= 15 is 0 Å². The van der Waals surface area contributed by atoms with Crippen LogP contribution in [0.4, 0.5) is 4.39 Å². The third kappa shape index (κ3) is 3.06. The summed E-state index contributed by atoms with van der Waals surface area (Å²) >= 11 is 0. The quantitative estimate of drug-likeness (QED) is 0.923. The number of ether oxygens (including phenoxy) is 1. The molecule has 104 valence electrons. The summed E-state index contributed by atoms with van der Waals surface area (Å²) < 4.78 is 18.7. The second-order valence-corrected chi connectivity index (χ2v) is 4.55. The number of aryl methyl sites for hydroxylation is 1. The van der Waals surface area contributed by atoms with Gasteiger partial charge in [0.05, 0.1) is 7.11 Å². The second kappa shape index (κ2) is 6.35. The van der Waals surface area contributed by atoms with Crippen LogP contribution in [0.25, 0.3) is 5.57 Å². The monoisotopic (exact) mass is 271 g/mol. The number of hydrogen-bond acceptors (Lipinski definition) is 2. The van der Waals surface area contributed by atoms with Gasteiger partial charge >= 0.3 is 0 Å². The SMILES string of the molecule is COc1ccc(/C(=C\CN)c2cccc(F)c2)cc1C. The molecule has 0 spiro atoms. The second-order valence-electron chi connectivity index (χ2n) is 4.55. The van der Waals surface area contributed by atoms with E-state index in [0.29, 0.717) is 6.54 Å². The van der Waals surface area contributed by atoms with E-state index < -0.39 is 0 Å². The van der Waals surface area contributed by atoms with Crippen LogP contribution in [0, 0.1) is 12.7 Å². The van der Waals surface area contributed by atoms with Gasteiger partial charge in [-0.3, -0.25) is 0 Å². The van der Waals surface area contributed by atoms with Crippen molar-refractivity contribution < 1.29 is 9.13 Å². The largest absolute Gasteiger partial charge is 0.496 e. The van der Waals surface area contributed by atoms with E-state index in [0.717, 1.165) is 28.0 Å². The Morgan fingerprint density at radius 2 is 1.95 bits per heavy atom. The molecule has 2 rings (SSSR count). The average molecular weight is 271 g/mol. The van der Waals surface area contributed by atoms with Gasteiger partial charge in [0.25, 0.3) is 0 Å². The molecule has 0 aliphatic carbocycles. The molecule has 2 nitrogen and oxygen atoms in total. The van der Waals surface area contributed by atoms with Crippen molar-refractivity contribution in [2.75, 3.05) is 13.7 Å². The lowest BCUT2D eigenvalue weighted by molar-refractivity contribution is 0.411. The fourth-order valence-corrected chi connectivity index (χ4v) is 2.22. The summed E-state index contributed by atoms with van der Waals surface area (Å²) in [7, 11) is 1.64. The number of nitrogens with two attached hydrogens (primary N) is 1. The lowest BCUT2D eigenvalue weighted by atomic mass is 9.96. The number of rotatable bonds is 4. The molecule has 2 aromatic carbocycles. The van der Waals surface area contributed by atoms with E-state index in [1.807, 2.05) is 37.3 Å². The first kappa shape index (κ1) is 14.3. The molecule has 0 saturated carbocycles. The maximum Gasteiger partial charge on any atom is 0.123 e. The van der Waals surface area contributed by atoms with Crippen molar-refractivity contribution in [3.63, 3.8) is 0 Å². The van der Waals surface area contributed by atoms with Gasteiger partial charge in [-0.15, -0.1) is 0 Å². The lowest BCUT2D eigenvalue weighted by Crippen LogP contribution is -1.98. The van der Waals surface area contributed by atoms with Crippen molar-refractivity contribution in [1.29, 1.82) is 0 Å². The van der Waals surface area contributed by atoms with Crippen LogP contribution in [0.3, 0.4) is 0 Å². The van der Waals surface area contributed by atoms with Crippen molar-refractivity contribution in [2.45, 2.75) is 6.92 Å². The topological polar surface area (TPSA) is 35.2 Å². The van der Waals surface area contributed by atoms with E-state index in [4.69, 9.17) is 10.5 Å². The van der Waals surface area contributed by atoms with Gasteiger partial charge in [0.15, 0.2) is 0 Å². The Morgan fingerprint density at radius 1 is 1.20 bits per heavy atom. The minimum absolute atomic E-state index is 0.254. The molecule has 0 fully saturated rings. The molecule has 2 N–H and O–H groups in total. The van der Waals surface area contributed by atoms with Crippen LogP contribution in [0.2, 0.25) is 0 Å². The summed E-state index contributed by atoms with van der Waals surface area (Å²) in [5, 5.41) is 0. The van der Waals surface area contributed by atoms with Crippen molar-refractivity contribution >= 4 is 5.57 Å². The summed E-state index contributed by atoms with van der Waals surface area (Å²) in [5.74, 6) is 0.579. The molecule has 3 heteroatoms. The Balaban J connectivity index is 2.49. The molecule has 0 unspecified atom stereocenters. The lowest BCUT2D eigenvalue weighted by Gasteiger charge is -2.11. The Morgan fingerprint density at radius 3 is 2.55 bits per heavy atom. The van der Waals surface area contributed by atoms with Gasteiger partial charge in [-0.25, -0.2) is 4.39 Å². The highest BCUT2D eigenvalue weighted by Crippen LogP contribution is 2.28. The highest BCUT2D eigenvalue weighted by atomic mass is 19.1.